The number of ether oxygens (including phenoxy) is 3. The van der Waals surface area contributed by atoms with Gasteiger partial charge in [0.05, 0.1) is 12.0 Å². The van der Waals surface area contributed by atoms with Gasteiger partial charge in [-0.2, -0.15) is 0 Å². The molecule has 9 heteroatoms. The second-order valence-electron chi connectivity index (χ2n) is 9.32. The standard InChI is InChI=1S/C19H24O9/c1-7-4-10(20)28-13(7)16(3)5-9-17-6-26-19(25,15(16)17)11(21)8(2)18(17,24)12(22)14(23)27-9/h4,8-9,11-13,15,21-22,24-25H,5-6H2,1-3H3/t8-,9+,11+,12-,13?,15+,16+,17+,18-,19-/m0/s1. The number of rotatable bonds is 1. The fourth-order valence-electron chi connectivity index (χ4n) is 7.15. The van der Waals surface area contributed by atoms with E-state index in [-0.39, 0.29) is 13.0 Å². The zero-order chi connectivity index (χ0) is 20.4. The average molecular weight is 396 g/mol. The van der Waals surface area contributed by atoms with Crippen molar-refractivity contribution >= 4 is 11.9 Å². The quantitative estimate of drug-likeness (QED) is 0.394. The largest absolute Gasteiger partial charge is 0.460 e. The van der Waals surface area contributed by atoms with E-state index in [1.807, 2.05) is 0 Å². The molecule has 1 unspecified atom stereocenters. The van der Waals surface area contributed by atoms with Crippen LogP contribution in [0.2, 0.25) is 0 Å². The molecule has 2 bridgehead atoms. The lowest BCUT2D eigenvalue weighted by molar-refractivity contribution is -0.338. The van der Waals surface area contributed by atoms with Crippen molar-refractivity contribution in [1.29, 1.82) is 0 Å². The molecule has 28 heavy (non-hydrogen) atoms. The van der Waals surface area contributed by atoms with Gasteiger partial charge in [-0.15, -0.1) is 0 Å². The predicted octanol–water partition coefficient (Wildman–Crippen LogP) is -1.38. The first-order chi connectivity index (χ1) is 12.9. The minimum absolute atomic E-state index is 0.173. The molecule has 0 radical (unpaired) electrons. The third kappa shape index (κ3) is 1.61. The molecule has 0 amide bonds. The molecule has 0 aromatic carbocycles. The highest BCUT2D eigenvalue weighted by Gasteiger charge is 2.88. The van der Waals surface area contributed by atoms with Gasteiger partial charge in [0.25, 0.3) is 0 Å². The molecule has 0 aromatic rings. The van der Waals surface area contributed by atoms with Crippen LogP contribution in [0.15, 0.2) is 11.6 Å². The number of carbonyl (C=O) groups excluding carboxylic acids is 2. The minimum atomic E-state index is -2.07. The maximum Gasteiger partial charge on any atom is 0.338 e. The van der Waals surface area contributed by atoms with Crippen molar-refractivity contribution in [2.45, 2.75) is 63.0 Å². The van der Waals surface area contributed by atoms with Crippen molar-refractivity contribution in [1.82, 2.24) is 0 Å². The van der Waals surface area contributed by atoms with Gasteiger partial charge in [0.15, 0.2) is 11.9 Å². The number of carbonyl (C=O) groups is 2. The fourth-order valence-corrected chi connectivity index (χ4v) is 7.15. The van der Waals surface area contributed by atoms with Crippen LogP contribution >= 0.6 is 0 Å². The molecule has 2 aliphatic carbocycles. The SMILES string of the molecule is CC1=CC(=O)OC1[C@@]1(C)C[C@H]2OC(=O)[C@H](O)[C@@]3(O)[C@@H](C)[C@@H](O)[C@]4(O)OC[C@]23[C@H]41. The Morgan fingerprint density at radius 1 is 1.18 bits per heavy atom. The molecule has 2 saturated heterocycles. The summed E-state index contributed by atoms with van der Waals surface area (Å²) in [5, 5.41) is 44.7. The van der Waals surface area contributed by atoms with E-state index in [0.29, 0.717) is 5.57 Å². The summed E-state index contributed by atoms with van der Waals surface area (Å²) in [6.07, 6.45) is -3.56. The lowest BCUT2D eigenvalue weighted by atomic mass is 9.48. The number of hydrogen-bond acceptors (Lipinski definition) is 9. The van der Waals surface area contributed by atoms with Crippen LogP contribution in [0.1, 0.15) is 27.2 Å². The lowest BCUT2D eigenvalue weighted by Crippen LogP contribution is -2.78. The number of aliphatic hydroxyl groups is 4. The topological polar surface area (TPSA) is 143 Å². The number of hydrogen-bond donors (Lipinski definition) is 4. The first kappa shape index (κ1) is 18.5. The van der Waals surface area contributed by atoms with Gasteiger partial charge in [0.1, 0.15) is 23.9 Å². The van der Waals surface area contributed by atoms with Crippen molar-refractivity contribution in [3.05, 3.63) is 11.6 Å². The Hall–Kier alpha value is -1.52. The molecule has 9 nitrogen and oxygen atoms in total. The Morgan fingerprint density at radius 3 is 2.46 bits per heavy atom. The molecule has 5 rings (SSSR count). The number of esters is 2. The van der Waals surface area contributed by atoms with Crippen LogP contribution < -0.4 is 0 Å². The summed E-state index contributed by atoms with van der Waals surface area (Å²) in [5.41, 5.74) is -3.80. The Kier molecular flexibility index (Phi) is 3.28. The van der Waals surface area contributed by atoms with Gasteiger partial charge in [-0.1, -0.05) is 13.8 Å². The summed E-state index contributed by atoms with van der Waals surface area (Å²) in [5.74, 6) is -5.56. The van der Waals surface area contributed by atoms with E-state index in [1.165, 1.54) is 13.0 Å². The van der Waals surface area contributed by atoms with Gasteiger partial charge in [0, 0.05) is 23.3 Å². The maximum atomic E-state index is 12.4. The molecular weight excluding hydrogens is 372 g/mol. The zero-order valence-electron chi connectivity index (χ0n) is 15.8. The third-order valence-electron chi connectivity index (χ3n) is 8.16. The lowest BCUT2D eigenvalue weighted by Gasteiger charge is -2.61. The fraction of sp³-hybridized carbons (Fsp3) is 0.789. The summed E-state index contributed by atoms with van der Waals surface area (Å²) in [4.78, 5) is 24.3. The predicted molar refractivity (Wildman–Crippen MR) is 89.2 cm³/mol. The molecule has 2 saturated carbocycles. The molecule has 5 aliphatic rings. The Morgan fingerprint density at radius 2 is 1.86 bits per heavy atom. The zero-order valence-corrected chi connectivity index (χ0v) is 15.8. The normalized spacial score (nSPS) is 59.6. The Balaban J connectivity index is 1.76. The average Bonchev–Trinajstić information content (AvgIpc) is 3.22. The van der Waals surface area contributed by atoms with E-state index in [0.717, 1.165) is 0 Å². The summed E-state index contributed by atoms with van der Waals surface area (Å²) in [7, 11) is 0. The maximum absolute atomic E-state index is 12.4. The van der Waals surface area contributed by atoms with Gasteiger partial charge in [-0.05, 0) is 18.9 Å². The molecule has 3 aliphatic heterocycles. The Bertz CT molecular complexity index is 824. The summed E-state index contributed by atoms with van der Waals surface area (Å²) in [6, 6.07) is 0. The van der Waals surface area contributed by atoms with E-state index in [1.54, 1.807) is 13.8 Å². The van der Waals surface area contributed by atoms with Crippen LogP contribution in [0.4, 0.5) is 0 Å². The first-order valence-electron chi connectivity index (χ1n) is 9.48. The molecule has 10 atom stereocenters. The van der Waals surface area contributed by atoms with Gasteiger partial charge < -0.3 is 34.6 Å². The molecule has 0 aromatic heterocycles. The van der Waals surface area contributed by atoms with Crippen LogP contribution in [0.3, 0.4) is 0 Å². The van der Waals surface area contributed by atoms with Crippen molar-refractivity contribution in [3.8, 4) is 0 Å². The smallest absolute Gasteiger partial charge is 0.338 e. The second kappa shape index (κ2) is 4.96. The van der Waals surface area contributed by atoms with E-state index in [2.05, 4.69) is 0 Å². The van der Waals surface area contributed by atoms with Crippen LogP contribution in [0, 0.1) is 22.7 Å². The van der Waals surface area contributed by atoms with Gasteiger partial charge in [0.2, 0.25) is 0 Å². The van der Waals surface area contributed by atoms with Crippen LogP contribution in [-0.4, -0.2) is 74.8 Å². The highest BCUT2D eigenvalue weighted by Crippen LogP contribution is 2.75. The summed E-state index contributed by atoms with van der Waals surface area (Å²) >= 11 is 0. The molecular formula is C19H24O9. The Labute approximate surface area is 160 Å². The first-order valence-corrected chi connectivity index (χ1v) is 9.48. The highest BCUT2D eigenvalue weighted by atomic mass is 16.7. The van der Waals surface area contributed by atoms with Crippen molar-refractivity contribution in [2.24, 2.45) is 22.7 Å². The second-order valence-corrected chi connectivity index (χ2v) is 9.32. The molecule has 4 fully saturated rings. The number of aliphatic hydroxyl groups excluding tert-OH is 2. The minimum Gasteiger partial charge on any atom is -0.460 e. The van der Waals surface area contributed by atoms with Gasteiger partial charge in [-0.3, -0.25) is 0 Å². The van der Waals surface area contributed by atoms with Crippen LogP contribution in [0.25, 0.3) is 0 Å². The third-order valence-corrected chi connectivity index (χ3v) is 8.16. The molecule has 3 heterocycles. The van der Waals surface area contributed by atoms with Crippen molar-refractivity contribution < 1.29 is 44.2 Å². The van der Waals surface area contributed by atoms with E-state index >= 15 is 0 Å². The van der Waals surface area contributed by atoms with Gasteiger partial charge in [-0.25, -0.2) is 9.59 Å². The van der Waals surface area contributed by atoms with Crippen LogP contribution in [-0.2, 0) is 23.8 Å². The van der Waals surface area contributed by atoms with E-state index < -0.39 is 70.4 Å². The van der Waals surface area contributed by atoms with Crippen molar-refractivity contribution in [3.63, 3.8) is 0 Å². The van der Waals surface area contributed by atoms with E-state index in [4.69, 9.17) is 14.2 Å². The molecule has 4 N–H and O–H groups in total. The molecule has 1 spiro atoms. The van der Waals surface area contributed by atoms with Gasteiger partial charge >= 0.3 is 11.9 Å². The molecule has 154 valence electrons. The van der Waals surface area contributed by atoms with Crippen LogP contribution in [0.5, 0.6) is 0 Å². The van der Waals surface area contributed by atoms with Crippen molar-refractivity contribution in [2.75, 3.05) is 6.61 Å². The highest BCUT2D eigenvalue weighted by molar-refractivity contribution is 5.86. The monoisotopic (exact) mass is 396 g/mol. The summed E-state index contributed by atoms with van der Waals surface area (Å²) in [6.45, 7) is 4.75. The number of cyclic esters (lactones) is 1. The summed E-state index contributed by atoms with van der Waals surface area (Å²) < 4.78 is 16.7. The van der Waals surface area contributed by atoms with E-state index in [9.17, 15) is 30.0 Å².